The molecule has 0 saturated carbocycles. The summed E-state index contributed by atoms with van der Waals surface area (Å²) < 4.78 is 15.4. The van der Waals surface area contributed by atoms with Crippen LogP contribution in [-0.2, 0) is 11.3 Å². The van der Waals surface area contributed by atoms with Crippen molar-refractivity contribution in [3.05, 3.63) is 12.0 Å². The molecule has 0 unspecified atom stereocenters. The van der Waals surface area contributed by atoms with Crippen LogP contribution in [0.3, 0.4) is 0 Å². The van der Waals surface area contributed by atoms with Crippen LogP contribution >= 0.6 is 0 Å². The zero-order chi connectivity index (χ0) is 11.1. The summed E-state index contributed by atoms with van der Waals surface area (Å²) in [6, 6.07) is 0. The first kappa shape index (κ1) is 12.0. The van der Waals surface area contributed by atoms with Gasteiger partial charge >= 0.3 is 6.08 Å². The molecule has 0 aliphatic rings. The molecule has 5 nitrogen and oxygen atoms in total. The van der Waals surface area contributed by atoms with E-state index in [9.17, 15) is 0 Å². The van der Waals surface area contributed by atoms with Gasteiger partial charge in [-0.05, 0) is 5.92 Å². The predicted molar refractivity (Wildman–Crippen MR) is 53.6 cm³/mol. The van der Waals surface area contributed by atoms with Crippen molar-refractivity contribution in [3.8, 4) is 6.08 Å². The SMILES string of the molecule is CC(C)COCCOc1nc(CO)co1. The maximum absolute atomic E-state index is 8.72. The maximum Gasteiger partial charge on any atom is 0.393 e. The number of aliphatic hydroxyl groups excluding tert-OH is 1. The third kappa shape index (κ3) is 4.80. The molecule has 0 amide bonds. The topological polar surface area (TPSA) is 64.7 Å². The van der Waals surface area contributed by atoms with Crippen molar-refractivity contribution in [2.45, 2.75) is 20.5 Å². The van der Waals surface area contributed by atoms with Crippen LogP contribution in [-0.4, -0.2) is 29.9 Å². The summed E-state index contributed by atoms with van der Waals surface area (Å²) in [6.45, 7) is 5.66. The highest BCUT2D eigenvalue weighted by atomic mass is 16.6. The molecule has 1 aromatic rings. The van der Waals surface area contributed by atoms with E-state index >= 15 is 0 Å². The maximum atomic E-state index is 8.72. The average Bonchev–Trinajstić information content (AvgIpc) is 2.65. The molecule has 0 aromatic carbocycles. The Labute approximate surface area is 89.0 Å². The average molecular weight is 215 g/mol. The Hall–Kier alpha value is -1.07. The lowest BCUT2D eigenvalue weighted by molar-refractivity contribution is 0.0724. The molecule has 0 fully saturated rings. The molecule has 5 heteroatoms. The third-order valence-electron chi connectivity index (χ3n) is 1.60. The molecule has 1 heterocycles. The minimum Gasteiger partial charge on any atom is -0.448 e. The molecule has 0 atom stereocenters. The van der Waals surface area contributed by atoms with Crippen molar-refractivity contribution in [3.63, 3.8) is 0 Å². The van der Waals surface area contributed by atoms with Gasteiger partial charge in [-0.1, -0.05) is 13.8 Å². The zero-order valence-corrected chi connectivity index (χ0v) is 9.10. The van der Waals surface area contributed by atoms with Crippen LogP contribution < -0.4 is 4.74 Å². The van der Waals surface area contributed by atoms with Gasteiger partial charge in [0, 0.05) is 6.61 Å². The van der Waals surface area contributed by atoms with E-state index in [1.165, 1.54) is 6.26 Å². The van der Waals surface area contributed by atoms with Gasteiger partial charge in [0.25, 0.3) is 0 Å². The molecule has 0 spiro atoms. The number of oxazole rings is 1. The van der Waals surface area contributed by atoms with Gasteiger partial charge in [-0.3, -0.25) is 0 Å². The lowest BCUT2D eigenvalue weighted by Crippen LogP contribution is -2.10. The molecule has 0 aliphatic carbocycles. The Balaban J connectivity index is 2.09. The molecular formula is C10H17NO4. The van der Waals surface area contributed by atoms with Crippen molar-refractivity contribution >= 4 is 0 Å². The van der Waals surface area contributed by atoms with Gasteiger partial charge in [0.2, 0.25) is 0 Å². The standard InChI is InChI=1S/C10H17NO4/c1-8(2)6-13-3-4-14-10-11-9(5-12)7-15-10/h7-8,12H,3-6H2,1-2H3. The van der Waals surface area contributed by atoms with E-state index in [-0.39, 0.29) is 12.7 Å². The van der Waals surface area contributed by atoms with E-state index in [0.717, 1.165) is 6.61 Å². The van der Waals surface area contributed by atoms with Crippen molar-refractivity contribution in [2.75, 3.05) is 19.8 Å². The second kappa shape index (κ2) is 6.42. The summed E-state index contributed by atoms with van der Waals surface area (Å²) in [5, 5.41) is 8.72. The Morgan fingerprint density at radius 3 is 2.87 bits per heavy atom. The monoisotopic (exact) mass is 215 g/mol. The lowest BCUT2D eigenvalue weighted by atomic mass is 10.2. The van der Waals surface area contributed by atoms with Gasteiger partial charge in [0.1, 0.15) is 18.6 Å². The van der Waals surface area contributed by atoms with Crippen LogP contribution in [0.2, 0.25) is 0 Å². The summed E-state index contributed by atoms with van der Waals surface area (Å²) in [4.78, 5) is 3.87. The smallest absolute Gasteiger partial charge is 0.393 e. The fraction of sp³-hybridized carbons (Fsp3) is 0.700. The molecule has 0 bridgehead atoms. The normalized spacial score (nSPS) is 10.9. The first-order valence-electron chi connectivity index (χ1n) is 4.98. The number of hydrogen-bond donors (Lipinski definition) is 1. The van der Waals surface area contributed by atoms with Crippen LogP contribution in [0, 0.1) is 5.92 Å². The molecular weight excluding hydrogens is 198 g/mol. The number of nitrogens with zero attached hydrogens (tertiary/aromatic N) is 1. The van der Waals surface area contributed by atoms with E-state index < -0.39 is 0 Å². The molecule has 0 radical (unpaired) electrons. The first-order chi connectivity index (χ1) is 7.22. The summed E-state index contributed by atoms with van der Waals surface area (Å²) >= 11 is 0. The highest BCUT2D eigenvalue weighted by molar-refractivity contribution is 4.97. The van der Waals surface area contributed by atoms with Crippen LogP contribution in [0.1, 0.15) is 19.5 Å². The lowest BCUT2D eigenvalue weighted by Gasteiger charge is -2.05. The molecule has 86 valence electrons. The van der Waals surface area contributed by atoms with Gasteiger partial charge in [-0.15, -0.1) is 0 Å². The van der Waals surface area contributed by atoms with Crippen LogP contribution in [0.25, 0.3) is 0 Å². The Kier molecular flexibility index (Phi) is 5.14. The number of hydrogen-bond acceptors (Lipinski definition) is 5. The van der Waals surface area contributed by atoms with Crippen molar-refractivity contribution < 1.29 is 19.0 Å². The zero-order valence-electron chi connectivity index (χ0n) is 9.10. The van der Waals surface area contributed by atoms with Gasteiger partial charge in [0.15, 0.2) is 0 Å². The fourth-order valence-corrected chi connectivity index (χ4v) is 0.934. The number of aromatic nitrogens is 1. The highest BCUT2D eigenvalue weighted by Crippen LogP contribution is 2.09. The molecule has 1 N–H and O–H groups in total. The minimum atomic E-state index is -0.142. The largest absolute Gasteiger partial charge is 0.448 e. The van der Waals surface area contributed by atoms with Crippen molar-refractivity contribution in [1.82, 2.24) is 4.98 Å². The molecule has 1 rings (SSSR count). The van der Waals surface area contributed by atoms with Gasteiger partial charge in [-0.2, -0.15) is 4.98 Å². The number of rotatable bonds is 7. The molecule has 0 saturated heterocycles. The summed E-state index contributed by atoms with van der Waals surface area (Å²) in [5.74, 6) is 0.521. The van der Waals surface area contributed by atoms with Crippen LogP contribution in [0.15, 0.2) is 10.7 Å². The van der Waals surface area contributed by atoms with E-state index in [1.807, 2.05) is 0 Å². The summed E-state index contributed by atoms with van der Waals surface area (Å²) in [7, 11) is 0. The summed E-state index contributed by atoms with van der Waals surface area (Å²) in [6.07, 6.45) is 1.54. The summed E-state index contributed by atoms with van der Waals surface area (Å²) in [5.41, 5.74) is 0.466. The third-order valence-corrected chi connectivity index (χ3v) is 1.60. The minimum absolute atomic E-state index is 0.142. The Morgan fingerprint density at radius 2 is 2.27 bits per heavy atom. The first-order valence-corrected chi connectivity index (χ1v) is 4.98. The van der Waals surface area contributed by atoms with Gasteiger partial charge in [-0.25, -0.2) is 0 Å². The van der Waals surface area contributed by atoms with E-state index in [4.69, 9.17) is 19.0 Å². The quantitative estimate of drug-likeness (QED) is 0.693. The van der Waals surface area contributed by atoms with E-state index in [2.05, 4.69) is 18.8 Å². The highest BCUT2D eigenvalue weighted by Gasteiger charge is 2.03. The van der Waals surface area contributed by atoms with Crippen LogP contribution in [0.4, 0.5) is 0 Å². The molecule has 15 heavy (non-hydrogen) atoms. The Bertz CT molecular complexity index is 272. The second-order valence-electron chi connectivity index (χ2n) is 3.58. The molecule has 0 aliphatic heterocycles. The fourth-order valence-electron chi connectivity index (χ4n) is 0.934. The number of ether oxygens (including phenoxy) is 2. The van der Waals surface area contributed by atoms with Crippen LogP contribution in [0.5, 0.6) is 6.08 Å². The van der Waals surface area contributed by atoms with E-state index in [0.29, 0.717) is 24.8 Å². The van der Waals surface area contributed by atoms with Crippen molar-refractivity contribution in [2.24, 2.45) is 5.92 Å². The number of aliphatic hydroxyl groups is 1. The predicted octanol–water partition coefficient (Wildman–Crippen LogP) is 1.22. The second-order valence-corrected chi connectivity index (χ2v) is 3.58. The Morgan fingerprint density at radius 1 is 1.47 bits per heavy atom. The van der Waals surface area contributed by atoms with E-state index in [1.54, 1.807) is 0 Å². The van der Waals surface area contributed by atoms with Gasteiger partial charge < -0.3 is 19.0 Å². The molecule has 1 aromatic heterocycles. The van der Waals surface area contributed by atoms with Gasteiger partial charge in [0.05, 0.1) is 13.2 Å². The van der Waals surface area contributed by atoms with Crippen molar-refractivity contribution in [1.29, 1.82) is 0 Å².